The minimum Gasteiger partial charge on any atom is -0.337 e. The first-order valence-corrected chi connectivity index (χ1v) is 10.6. The van der Waals surface area contributed by atoms with E-state index in [2.05, 4.69) is 66.6 Å². The maximum atomic E-state index is 12.3. The molecule has 1 aromatic carbocycles. The van der Waals surface area contributed by atoms with Gasteiger partial charge in [-0.3, -0.25) is 4.79 Å². The van der Waals surface area contributed by atoms with Gasteiger partial charge in [0.05, 0.1) is 11.8 Å². The number of rotatable bonds is 5. The molecule has 0 atom stereocenters. The van der Waals surface area contributed by atoms with E-state index in [1.807, 2.05) is 11.6 Å². The summed E-state index contributed by atoms with van der Waals surface area (Å²) in [4.78, 5) is 12.3. The SMILES string of the molecule is Cn1c(SCC(=O)NC2(C#N)CCCC2)nnc1-c1ccc(C(C)(C)C)cc1. The predicted octanol–water partition coefficient (Wildman–Crippen LogP) is 3.82. The molecule has 3 rings (SSSR count). The summed E-state index contributed by atoms with van der Waals surface area (Å²) < 4.78 is 1.90. The van der Waals surface area contributed by atoms with E-state index in [0.29, 0.717) is 5.16 Å². The Morgan fingerprint density at radius 1 is 1.25 bits per heavy atom. The van der Waals surface area contributed by atoms with Gasteiger partial charge >= 0.3 is 0 Å². The zero-order valence-corrected chi connectivity index (χ0v) is 17.8. The largest absolute Gasteiger partial charge is 0.337 e. The van der Waals surface area contributed by atoms with Crippen molar-refractivity contribution in [3.05, 3.63) is 29.8 Å². The standard InChI is InChI=1S/C21H27N5OS/c1-20(2,3)16-9-7-15(8-10-16)18-24-25-19(26(18)4)28-13-17(27)23-21(14-22)11-5-6-12-21/h7-10H,5-6,11-13H2,1-4H3,(H,23,27). The summed E-state index contributed by atoms with van der Waals surface area (Å²) in [5.41, 5.74) is 1.68. The Hall–Kier alpha value is -2.33. The second-order valence-corrected chi connectivity index (χ2v) is 9.37. The number of hydrogen-bond acceptors (Lipinski definition) is 5. The molecule has 2 aromatic rings. The molecule has 1 N–H and O–H groups in total. The molecule has 0 spiro atoms. The minimum atomic E-state index is -0.683. The number of aromatic nitrogens is 3. The van der Waals surface area contributed by atoms with E-state index >= 15 is 0 Å². The van der Waals surface area contributed by atoms with Crippen molar-refractivity contribution in [2.75, 3.05) is 5.75 Å². The first kappa shape index (κ1) is 20.4. The number of carbonyl (C=O) groups is 1. The molecule has 0 aliphatic heterocycles. The minimum absolute atomic E-state index is 0.104. The third-order valence-corrected chi connectivity index (χ3v) is 6.25. The lowest BCUT2D eigenvalue weighted by molar-refractivity contribution is -0.119. The summed E-state index contributed by atoms with van der Waals surface area (Å²) in [7, 11) is 1.90. The van der Waals surface area contributed by atoms with E-state index in [0.717, 1.165) is 37.1 Å². The van der Waals surface area contributed by atoms with Crippen LogP contribution in [0.5, 0.6) is 0 Å². The third-order valence-electron chi connectivity index (χ3n) is 5.23. The lowest BCUT2D eigenvalue weighted by atomic mass is 9.87. The fraction of sp³-hybridized carbons (Fsp3) is 0.524. The van der Waals surface area contributed by atoms with Gasteiger partial charge in [0.25, 0.3) is 0 Å². The van der Waals surface area contributed by atoms with Gasteiger partial charge in [-0.05, 0) is 36.7 Å². The summed E-state index contributed by atoms with van der Waals surface area (Å²) in [6, 6.07) is 10.6. The van der Waals surface area contributed by atoms with Crippen molar-refractivity contribution in [2.24, 2.45) is 7.05 Å². The number of carbonyl (C=O) groups excluding carboxylic acids is 1. The molecule has 1 saturated carbocycles. The molecule has 28 heavy (non-hydrogen) atoms. The van der Waals surface area contributed by atoms with Crippen LogP contribution in [0.2, 0.25) is 0 Å². The zero-order valence-electron chi connectivity index (χ0n) is 17.0. The molecule has 1 aliphatic rings. The number of nitriles is 1. The first-order chi connectivity index (χ1) is 13.2. The van der Waals surface area contributed by atoms with Gasteiger partial charge in [-0.25, -0.2) is 0 Å². The normalized spacial score (nSPS) is 16.0. The van der Waals surface area contributed by atoms with Crippen LogP contribution in [0.25, 0.3) is 11.4 Å². The molecule has 0 saturated heterocycles. The van der Waals surface area contributed by atoms with Crippen LogP contribution in [0.1, 0.15) is 52.0 Å². The van der Waals surface area contributed by atoms with Gasteiger partial charge in [0.1, 0.15) is 5.54 Å². The maximum Gasteiger partial charge on any atom is 0.231 e. The van der Waals surface area contributed by atoms with E-state index in [4.69, 9.17) is 0 Å². The van der Waals surface area contributed by atoms with E-state index < -0.39 is 5.54 Å². The Morgan fingerprint density at radius 2 is 1.89 bits per heavy atom. The number of thioether (sulfide) groups is 1. The second kappa shape index (κ2) is 7.96. The van der Waals surface area contributed by atoms with Crippen molar-refractivity contribution in [1.29, 1.82) is 5.26 Å². The Kier molecular flexibility index (Phi) is 5.80. The highest BCUT2D eigenvalue weighted by Gasteiger charge is 2.35. The summed E-state index contributed by atoms with van der Waals surface area (Å²) >= 11 is 1.34. The van der Waals surface area contributed by atoms with Crippen LogP contribution in [-0.4, -0.2) is 32.0 Å². The average molecular weight is 398 g/mol. The van der Waals surface area contributed by atoms with Crippen LogP contribution in [0.3, 0.4) is 0 Å². The topological polar surface area (TPSA) is 83.6 Å². The van der Waals surface area contributed by atoms with Crippen molar-refractivity contribution >= 4 is 17.7 Å². The Bertz CT molecular complexity index is 883. The van der Waals surface area contributed by atoms with Gasteiger partial charge in [-0.2, -0.15) is 5.26 Å². The first-order valence-electron chi connectivity index (χ1n) is 9.59. The van der Waals surface area contributed by atoms with Gasteiger partial charge in [0, 0.05) is 12.6 Å². The molecule has 1 aromatic heterocycles. The molecular weight excluding hydrogens is 370 g/mol. The quantitative estimate of drug-likeness (QED) is 0.775. The monoisotopic (exact) mass is 397 g/mol. The molecular formula is C21H27N5OS. The second-order valence-electron chi connectivity index (χ2n) is 8.43. The number of nitrogens with one attached hydrogen (secondary N) is 1. The van der Waals surface area contributed by atoms with Crippen molar-refractivity contribution in [3.63, 3.8) is 0 Å². The summed E-state index contributed by atoms with van der Waals surface area (Å²) in [6.07, 6.45) is 3.44. The third kappa shape index (κ3) is 4.39. The number of nitrogens with zero attached hydrogens (tertiary/aromatic N) is 4. The molecule has 1 aliphatic carbocycles. The van der Waals surface area contributed by atoms with Crippen LogP contribution in [0.4, 0.5) is 0 Å². The molecule has 7 heteroatoms. The van der Waals surface area contributed by atoms with Crippen molar-refractivity contribution in [1.82, 2.24) is 20.1 Å². The van der Waals surface area contributed by atoms with E-state index in [1.54, 1.807) is 0 Å². The highest BCUT2D eigenvalue weighted by atomic mass is 32.2. The van der Waals surface area contributed by atoms with Crippen molar-refractivity contribution < 1.29 is 4.79 Å². The number of hydrogen-bond donors (Lipinski definition) is 1. The van der Waals surface area contributed by atoms with Crippen LogP contribution >= 0.6 is 11.8 Å². The lowest BCUT2D eigenvalue weighted by Crippen LogP contribution is -2.45. The fourth-order valence-corrected chi connectivity index (χ4v) is 4.20. The molecule has 6 nitrogen and oxygen atoms in total. The van der Waals surface area contributed by atoms with Crippen molar-refractivity contribution in [2.45, 2.75) is 62.6 Å². The molecule has 0 radical (unpaired) electrons. The van der Waals surface area contributed by atoms with Crippen LogP contribution in [0.15, 0.2) is 29.4 Å². The van der Waals surface area contributed by atoms with E-state index in [1.165, 1.54) is 17.3 Å². The van der Waals surface area contributed by atoms with Crippen LogP contribution in [0, 0.1) is 11.3 Å². The summed E-state index contributed by atoms with van der Waals surface area (Å²) in [5, 5.41) is 21.5. The van der Waals surface area contributed by atoms with E-state index in [9.17, 15) is 10.1 Å². The Balaban J connectivity index is 1.65. The molecule has 1 fully saturated rings. The maximum absolute atomic E-state index is 12.3. The molecule has 0 bridgehead atoms. The molecule has 0 unspecified atom stereocenters. The highest BCUT2D eigenvalue weighted by molar-refractivity contribution is 7.99. The van der Waals surface area contributed by atoms with Gasteiger partial charge in [-0.15, -0.1) is 10.2 Å². The van der Waals surface area contributed by atoms with Crippen molar-refractivity contribution in [3.8, 4) is 17.5 Å². The summed E-state index contributed by atoms with van der Waals surface area (Å²) in [6.45, 7) is 6.56. The van der Waals surface area contributed by atoms with Gasteiger partial charge < -0.3 is 9.88 Å². The zero-order chi connectivity index (χ0) is 20.4. The molecule has 1 heterocycles. The summed E-state index contributed by atoms with van der Waals surface area (Å²) in [5.74, 6) is 0.860. The van der Waals surface area contributed by atoms with Crippen LogP contribution < -0.4 is 5.32 Å². The number of benzene rings is 1. The predicted molar refractivity (Wildman–Crippen MR) is 111 cm³/mol. The highest BCUT2D eigenvalue weighted by Crippen LogP contribution is 2.30. The number of amides is 1. The van der Waals surface area contributed by atoms with Crippen LogP contribution in [-0.2, 0) is 17.3 Å². The molecule has 148 valence electrons. The lowest BCUT2D eigenvalue weighted by Gasteiger charge is -2.21. The Labute approximate surface area is 170 Å². The molecule has 1 amide bonds. The van der Waals surface area contributed by atoms with Gasteiger partial charge in [0.2, 0.25) is 5.91 Å². The van der Waals surface area contributed by atoms with E-state index in [-0.39, 0.29) is 17.1 Å². The van der Waals surface area contributed by atoms with Gasteiger partial charge in [-0.1, -0.05) is 56.8 Å². The average Bonchev–Trinajstić information content (AvgIpc) is 3.27. The van der Waals surface area contributed by atoms with Gasteiger partial charge in [0.15, 0.2) is 11.0 Å². The fourth-order valence-electron chi connectivity index (χ4n) is 3.49. The Morgan fingerprint density at radius 3 is 2.46 bits per heavy atom. The smallest absolute Gasteiger partial charge is 0.231 e.